The van der Waals surface area contributed by atoms with Crippen LogP contribution in [0.15, 0.2) is 27.1 Å². The lowest BCUT2D eigenvalue weighted by molar-refractivity contribution is -0.0494. The van der Waals surface area contributed by atoms with Gasteiger partial charge in [-0.25, -0.2) is 0 Å². The lowest BCUT2D eigenvalue weighted by atomic mass is 10.1. The van der Waals surface area contributed by atoms with Crippen LogP contribution in [0.4, 0.5) is 8.78 Å². The summed E-state index contributed by atoms with van der Waals surface area (Å²) in [5, 5.41) is 0.736. The summed E-state index contributed by atoms with van der Waals surface area (Å²) in [6.45, 7) is -1.57. The van der Waals surface area contributed by atoms with E-state index in [0.29, 0.717) is 18.8 Å². The molecular formula is C13H11BrF2O3. The molecule has 0 radical (unpaired) electrons. The maximum Gasteiger partial charge on any atom is 0.387 e. The van der Waals surface area contributed by atoms with E-state index in [9.17, 15) is 8.78 Å². The zero-order valence-electron chi connectivity index (χ0n) is 9.87. The molecular weight excluding hydrogens is 322 g/mol. The highest BCUT2D eigenvalue weighted by molar-refractivity contribution is 9.10. The smallest absolute Gasteiger partial charge is 0.387 e. The fourth-order valence-electron chi connectivity index (χ4n) is 2.23. The van der Waals surface area contributed by atoms with Crippen molar-refractivity contribution in [3.05, 3.63) is 28.4 Å². The quantitative estimate of drug-likeness (QED) is 0.839. The minimum absolute atomic E-state index is 0.0540. The first-order valence-corrected chi connectivity index (χ1v) is 6.69. The molecule has 2 heterocycles. The second-order valence-corrected chi connectivity index (χ2v) is 5.23. The number of alkyl halides is 2. The number of halogens is 3. The Bertz CT molecular complexity index is 591. The lowest BCUT2D eigenvalue weighted by Crippen LogP contribution is -2.01. The van der Waals surface area contributed by atoms with Crippen LogP contribution < -0.4 is 4.74 Å². The molecule has 1 aromatic heterocycles. The molecule has 0 N–H and O–H groups in total. The Labute approximate surface area is 116 Å². The van der Waals surface area contributed by atoms with E-state index in [0.717, 1.165) is 22.0 Å². The average Bonchev–Trinajstić information content (AvgIpc) is 2.99. The molecule has 0 bridgehead atoms. The molecule has 19 heavy (non-hydrogen) atoms. The molecule has 1 fully saturated rings. The Kier molecular flexibility index (Phi) is 3.45. The number of rotatable bonds is 3. The van der Waals surface area contributed by atoms with Crippen LogP contribution in [0, 0.1) is 0 Å². The highest BCUT2D eigenvalue weighted by Gasteiger charge is 2.23. The minimum atomic E-state index is -2.87. The lowest BCUT2D eigenvalue weighted by Gasteiger charge is -2.05. The van der Waals surface area contributed by atoms with Crippen molar-refractivity contribution >= 4 is 26.9 Å². The van der Waals surface area contributed by atoms with Crippen LogP contribution in [0.1, 0.15) is 18.1 Å². The first kappa shape index (κ1) is 12.9. The fraction of sp³-hybridized carbons (Fsp3) is 0.385. The predicted molar refractivity (Wildman–Crippen MR) is 68.7 cm³/mol. The Morgan fingerprint density at radius 2 is 2.21 bits per heavy atom. The monoisotopic (exact) mass is 332 g/mol. The topological polar surface area (TPSA) is 31.6 Å². The predicted octanol–water partition coefficient (Wildman–Crippen LogP) is 4.30. The molecule has 1 saturated heterocycles. The van der Waals surface area contributed by atoms with Gasteiger partial charge in [0.05, 0.1) is 6.61 Å². The van der Waals surface area contributed by atoms with Gasteiger partial charge < -0.3 is 13.9 Å². The molecule has 1 aliphatic heterocycles. The van der Waals surface area contributed by atoms with E-state index in [2.05, 4.69) is 20.7 Å². The molecule has 1 atom stereocenters. The molecule has 1 unspecified atom stereocenters. The number of furan rings is 1. The Balaban J connectivity index is 2.06. The van der Waals surface area contributed by atoms with Crippen LogP contribution in [-0.2, 0) is 4.74 Å². The summed E-state index contributed by atoms with van der Waals surface area (Å²) >= 11 is 3.38. The van der Waals surface area contributed by atoms with Crippen molar-refractivity contribution in [2.24, 2.45) is 0 Å². The highest BCUT2D eigenvalue weighted by atomic mass is 79.9. The van der Waals surface area contributed by atoms with Crippen LogP contribution in [0.5, 0.6) is 5.75 Å². The van der Waals surface area contributed by atoms with Crippen molar-refractivity contribution in [1.29, 1.82) is 0 Å². The standard InChI is InChI=1S/C13H11BrF2O3/c14-9-1-2-10(19-13(15)16)12-8(9)5-11(18-12)7-3-4-17-6-7/h1-2,5,7,13H,3-4,6H2. The number of fused-ring (bicyclic) bond motifs is 1. The summed E-state index contributed by atoms with van der Waals surface area (Å²) < 4.78 is 41.0. The maximum absolute atomic E-state index is 12.4. The normalized spacial score (nSPS) is 19.5. The number of hydrogen-bond acceptors (Lipinski definition) is 3. The van der Waals surface area contributed by atoms with Gasteiger partial charge in [0.15, 0.2) is 11.3 Å². The van der Waals surface area contributed by atoms with Crippen molar-refractivity contribution in [2.45, 2.75) is 19.0 Å². The summed E-state index contributed by atoms with van der Waals surface area (Å²) in [6.07, 6.45) is 0.877. The molecule has 0 amide bonds. The molecule has 3 rings (SSSR count). The van der Waals surface area contributed by atoms with E-state index in [1.165, 1.54) is 6.07 Å². The van der Waals surface area contributed by atoms with Gasteiger partial charge in [0, 0.05) is 22.4 Å². The Morgan fingerprint density at radius 1 is 1.37 bits per heavy atom. The third-order valence-electron chi connectivity index (χ3n) is 3.16. The van der Waals surface area contributed by atoms with Crippen molar-refractivity contribution < 1.29 is 22.7 Å². The fourth-order valence-corrected chi connectivity index (χ4v) is 2.66. The first-order chi connectivity index (χ1) is 9.15. The molecule has 0 spiro atoms. The third kappa shape index (κ3) is 2.47. The van der Waals surface area contributed by atoms with E-state index < -0.39 is 6.61 Å². The second-order valence-electron chi connectivity index (χ2n) is 4.38. The van der Waals surface area contributed by atoms with Gasteiger partial charge in [-0.1, -0.05) is 15.9 Å². The molecule has 1 aromatic carbocycles. The number of benzene rings is 1. The van der Waals surface area contributed by atoms with Gasteiger partial charge in [-0.3, -0.25) is 0 Å². The Hall–Kier alpha value is -1.14. The summed E-state index contributed by atoms with van der Waals surface area (Å²) in [5.74, 6) is 0.982. The minimum Gasteiger partial charge on any atom is -0.457 e. The van der Waals surface area contributed by atoms with Crippen molar-refractivity contribution in [3.8, 4) is 5.75 Å². The van der Waals surface area contributed by atoms with Crippen LogP contribution in [0.25, 0.3) is 11.0 Å². The van der Waals surface area contributed by atoms with Crippen LogP contribution >= 0.6 is 15.9 Å². The van der Waals surface area contributed by atoms with Gasteiger partial charge in [-0.15, -0.1) is 0 Å². The summed E-state index contributed by atoms with van der Waals surface area (Å²) in [7, 11) is 0. The van der Waals surface area contributed by atoms with Gasteiger partial charge in [-0.05, 0) is 24.6 Å². The van der Waals surface area contributed by atoms with Gasteiger partial charge in [0.25, 0.3) is 0 Å². The van der Waals surface area contributed by atoms with Crippen molar-refractivity contribution in [2.75, 3.05) is 13.2 Å². The highest BCUT2D eigenvalue weighted by Crippen LogP contribution is 2.38. The van der Waals surface area contributed by atoms with E-state index in [4.69, 9.17) is 9.15 Å². The average molecular weight is 333 g/mol. The zero-order chi connectivity index (χ0) is 13.4. The second kappa shape index (κ2) is 5.09. The van der Waals surface area contributed by atoms with E-state index >= 15 is 0 Å². The van der Waals surface area contributed by atoms with E-state index in [-0.39, 0.29) is 11.7 Å². The summed E-state index contributed by atoms with van der Waals surface area (Å²) in [6, 6.07) is 5.00. The van der Waals surface area contributed by atoms with Crippen molar-refractivity contribution in [1.82, 2.24) is 0 Å². The molecule has 6 heteroatoms. The first-order valence-electron chi connectivity index (χ1n) is 5.89. The molecule has 102 valence electrons. The van der Waals surface area contributed by atoms with E-state index in [1.807, 2.05) is 6.07 Å². The molecule has 2 aromatic rings. The summed E-state index contributed by atoms with van der Waals surface area (Å²) in [4.78, 5) is 0. The zero-order valence-corrected chi connectivity index (χ0v) is 11.5. The molecule has 3 nitrogen and oxygen atoms in total. The van der Waals surface area contributed by atoms with Gasteiger partial charge >= 0.3 is 6.61 Å². The third-order valence-corrected chi connectivity index (χ3v) is 3.85. The summed E-state index contributed by atoms with van der Waals surface area (Å²) in [5.41, 5.74) is 0.344. The van der Waals surface area contributed by atoms with E-state index in [1.54, 1.807) is 6.07 Å². The molecule has 0 aliphatic carbocycles. The number of ether oxygens (including phenoxy) is 2. The Morgan fingerprint density at radius 3 is 2.89 bits per heavy atom. The van der Waals surface area contributed by atoms with Gasteiger partial charge in [0.2, 0.25) is 0 Å². The van der Waals surface area contributed by atoms with Crippen LogP contribution in [0.2, 0.25) is 0 Å². The van der Waals surface area contributed by atoms with Crippen molar-refractivity contribution in [3.63, 3.8) is 0 Å². The van der Waals surface area contributed by atoms with Gasteiger partial charge in [-0.2, -0.15) is 8.78 Å². The maximum atomic E-state index is 12.4. The largest absolute Gasteiger partial charge is 0.457 e. The van der Waals surface area contributed by atoms with Crippen LogP contribution in [-0.4, -0.2) is 19.8 Å². The van der Waals surface area contributed by atoms with Gasteiger partial charge in [0.1, 0.15) is 5.76 Å². The molecule has 0 saturated carbocycles. The van der Waals surface area contributed by atoms with Crippen LogP contribution in [0.3, 0.4) is 0 Å². The number of hydrogen-bond donors (Lipinski definition) is 0. The molecule has 1 aliphatic rings. The SMILES string of the molecule is FC(F)Oc1ccc(Br)c2cc(C3CCOC3)oc12.